The molecule has 2 aliphatic rings. The van der Waals surface area contributed by atoms with E-state index in [0.29, 0.717) is 6.61 Å². The van der Waals surface area contributed by atoms with E-state index in [4.69, 9.17) is 23.4 Å². The molecule has 1 unspecified atom stereocenters. The fourth-order valence-electron chi connectivity index (χ4n) is 2.82. The Morgan fingerprint density at radius 1 is 1.38 bits per heavy atom. The molecule has 0 aliphatic carbocycles. The fourth-order valence-corrected chi connectivity index (χ4v) is 2.82. The molecule has 0 N–H and O–H groups in total. The Hall–Kier alpha value is -0.950. The molecule has 2 saturated heterocycles. The Kier molecular flexibility index (Phi) is 4.31. The van der Waals surface area contributed by atoms with Crippen molar-refractivity contribution in [3.63, 3.8) is 0 Å². The summed E-state index contributed by atoms with van der Waals surface area (Å²) in [5.74, 6) is -1.23. The summed E-state index contributed by atoms with van der Waals surface area (Å²) in [5, 5.41) is 0. The molecule has 0 saturated carbocycles. The zero-order chi connectivity index (χ0) is 14.9. The van der Waals surface area contributed by atoms with Crippen LogP contribution in [0.1, 0.15) is 32.3 Å². The van der Waals surface area contributed by atoms with Gasteiger partial charge < -0.3 is 23.4 Å². The molecular formula is C15H21FO5. The van der Waals surface area contributed by atoms with E-state index in [1.807, 2.05) is 6.07 Å². The zero-order valence-electron chi connectivity index (χ0n) is 12.3. The Bertz CT molecular complexity index is 451. The number of furan rings is 1. The lowest BCUT2D eigenvalue weighted by Gasteiger charge is -2.26. The van der Waals surface area contributed by atoms with Crippen LogP contribution < -0.4 is 0 Å². The van der Waals surface area contributed by atoms with Crippen LogP contribution in [0.15, 0.2) is 23.0 Å². The molecule has 0 radical (unpaired) electrons. The number of ether oxygens (including phenoxy) is 4. The van der Waals surface area contributed by atoms with Gasteiger partial charge in [0.05, 0.1) is 25.2 Å². The van der Waals surface area contributed by atoms with Gasteiger partial charge in [0, 0.05) is 5.56 Å². The quantitative estimate of drug-likeness (QED) is 0.808. The van der Waals surface area contributed by atoms with Crippen molar-refractivity contribution in [1.82, 2.24) is 0 Å². The Labute approximate surface area is 123 Å². The van der Waals surface area contributed by atoms with Gasteiger partial charge in [0.15, 0.2) is 12.1 Å². The van der Waals surface area contributed by atoms with Crippen molar-refractivity contribution in [2.45, 2.75) is 63.7 Å². The van der Waals surface area contributed by atoms with Gasteiger partial charge in [-0.15, -0.1) is 0 Å². The molecule has 118 valence electrons. The highest BCUT2D eigenvalue weighted by atomic mass is 19.1. The van der Waals surface area contributed by atoms with Gasteiger partial charge in [-0.25, -0.2) is 4.39 Å². The van der Waals surface area contributed by atoms with Crippen LogP contribution in [-0.4, -0.2) is 37.1 Å². The van der Waals surface area contributed by atoms with Crippen LogP contribution in [0.3, 0.4) is 0 Å². The van der Waals surface area contributed by atoms with Gasteiger partial charge in [0.1, 0.15) is 18.9 Å². The Balaban J connectivity index is 1.67. The lowest BCUT2D eigenvalue weighted by molar-refractivity contribution is -0.234. The normalized spacial score (nSPS) is 38.8. The van der Waals surface area contributed by atoms with Gasteiger partial charge >= 0.3 is 0 Å². The lowest BCUT2D eigenvalue weighted by Crippen LogP contribution is -2.38. The molecule has 3 heterocycles. The van der Waals surface area contributed by atoms with E-state index in [9.17, 15) is 4.39 Å². The average Bonchev–Trinajstić information content (AvgIpc) is 3.14. The molecule has 5 atom stereocenters. The summed E-state index contributed by atoms with van der Waals surface area (Å²) < 4.78 is 41.1. The van der Waals surface area contributed by atoms with Gasteiger partial charge in [-0.05, 0) is 19.4 Å². The first-order chi connectivity index (χ1) is 10.1. The lowest BCUT2D eigenvalue weighted by atomic mass is 10.1. The van der Waals surface area contributed by atoms with Gasteiger partial charge in [-0.2, -0.15) is 0 Å². The number of halogens is 1. The molecule has 0 aromatic carbocycles. The van der Waals surface area contributed by atoms with Gasteiger partial charge in [-0.3, -0.25) is 0 Å². The van der Waals surface area contributed by atoms with E-state index in [0.717, 1.165) is 18.4 Å². The molecule has 3 rings (SSSR count). The molecule has 1 aromatic rings. The largest absolute Gasteiger partial charge is 0.472 e. The van der Waals surface area contributed by atoms with E-state index in [2.05, 4.69) is 6.92 Å². The summed E-state index contributed by atoms with van der Waals surface area (Å²) in [4.78, 5) is 0. The van der Waals surface area contributed by atoms with Crippen LogP contribution in [0.4, 0.5) is 4.39 Å². The number of rotatable bonds is 6. The fraction of sp³-hybridized carbons (Fsp3) is 0.733. The van der Waals surface area contributed by atoms with Crippen LogP contribution in [0, 0.1) is 0 Å². The second-order valence-corrected chi connectivity index (χ2v) is 5.71. The van der Waals surface area contributed by atoms with Gasteiger partial charge in [-0.1, -0.05) is 13.3 Å². The molecule has 5 nitrogen and oxygen atoms in total. The van der Waals surface area contributed by atoms with E-state index in [-0.39, 0.29) is 12.2 Å². The monoisotopic (exact) mass is 300 g/mol. The summed E-state index contributed by atoms with van der Waals surface area (Å²) in [7, 11) is 0. The Morgan fingerprint density at radius 2 is 2.24 bits per heavy atom. The molecule has 0 bridgehead atoms. The van der Waals surface area contributed by atoms with E-state index >= 15 is 0 Å². The maximum Gasteiger partial charge on any atom is 0.197 e. The Morgan fingerprint density at radius 3 is 2.90 bits per heavy atom. The van der Waals surface area contributed by atoms with Gasteiger partial charge in [0.25, 0.3) is 0 Å². The van der Waals surface area contributed by atoms with Crippen molar-refractivity contribution < 1.29 is 27.8 Å². The van der Waals surface area contributed by atoms with E-state index < -0.39 is 24.9 Å². The van der Waals surface area contributed by atoms with Crippen molar-refractivity contribution in [3.05, 3.63) is 24.2 Å². The average molecular weight is 300 g/mol. The highest BCUT2D eigenvalue weighted by Crippen LogP contribution is 2.40. The summed E-state index contributed by atoms with van der Waals surface area (Å²) in [6, 6.07) is 1.85. The minimum absolute atomic E-state index is 0.0962. The minimum atomic E-state index is -1.23. The summed E-state index contributed by atoms with van der Waals surface area (Å²) in [6.07, 6.45) is 3.74. The molecule has 2 aliphatic heterocycles. The van der Waals surface area contributed by atoms with E-state index in [1.165, 1.54) is 0 Å². The molecule has 6 heteroatoms. The van der Waals surface area contributed by atoms with Crippen LogP contribution in [0.2, 0.25) is 0 Å². The minimum Gasteiger partial charge on any atom is -0.472 e. The summed E-state index contributed by atoms with van der Waals surface area (Å²) in [6.45, 7) is 3.36. The third-order valence-corrected chi connectivity index (χ3v) is 3.86. The first-order valence-electron chi connectivity index (χ1n) is 7.35. The second kappa shape index (κ2) is 6.04. The van der Waals surface area contributed by atoms with Gasteiger partial charge in [0.2, 0.25) is 0 Å². The number of hydrogen-bond donors (Lipinski definition) is 0. The van der Waals surface area contributed by atoms with Crippen molar-refractivity contribution in [3.8, 4) is 0 Å². The first kappa shape index (κ1) is 15.0. The molecule has 2 fully saturated rings. The molecular weight excluding hydrogens is 279 g/mol. The van der Waals surface area contributed by atoms with Crippen LogP contribution in [-0.2, 0) is 25.6 Å². The van der Waals surface area contributed by atoms with Crippen LogP contribution in [0.5, 0.6) is 0 Å². The SMILES string of the molecule is CCC[C@H]1O[C@@H]2OC(C)(CF)O[C@@H]2[C@H]1OCc1ccoc1. The molecule has 21 heavy (non-hydrogen) atoms. The second-order valence-electron chi connectivity index (χ2n) is 5.71. The van der Waals surface area contributed by atoms with Crippen molar-refractivity contribution in [2.24, 2.45) is 0 Å². The number of fused-ring (bicyclic) bond motifs is 1. The standard InChI is InChI=1S/C15H21FO5/c1-3-4-11-12(18-8-10-5-6-17-7-10)13-14(19-11)21-15(2,9-16)20-13/h5-7,11-14H,3-4,8-9H2,1-2H3/t11-,12+,13-,14-,15?/m1/s1. The van der Waals surface area contributed by atoms with Crippen LogP contribution in [0.25, 0.3) is 0 Å². The van der Waals surface area contributed by atoms with Crippen LogP contribution >= 0.6 is 0 Å². The summed E-state index contributed by atoms with van der Waals surface area (Å²) in [5.41, 5.74) is 0.945. The highest BCUT2D eigenvalue weighted by molar-refractivity contribution is 5.04. The number of hydrogen-bond acceptors (Lipinski definition) is 5. The third-order valence-electron chi connectivity index (χ3n) is 3.86. The third kappa shape index (κ3) is 2.99. The van der Waals surface area contributed by atoms with Crippen molar-refractivity contribution in [2.75, 3.05) is 6.67 Å². The smallest absolute Gasteiger partial charge is 0.197 e. The first-order valence-corrected chi connectivity index (χ1v) is 7.35. The highest BCUT2D eigenvalue weighted by Gasteiger charge is 2.56. The van der Waals surface area contributed by atoms with E-state index in [1.54, 1.807) is 19.5 Å². The van der Waals surface area contributed by atoms with Crippen molar-refractivity contribution in [1.29, 1.82) is 0 Å². The molecule has 0 spiro atoms. The van der Waals surface area contributed by atoms with Crippen molar-refractivity contribution >= 4 is 0 Å². The maximum absolute atomic E-state index is 13.0. The molecule has 0 amide bonds. The number of alkyl halides is 1. The predicted octanol–water partition coefficient (Wildman–Crippen LogP) is 2.79. The zero-order valence-corrected chi connectivity index (χ0v) is 12.3. The molecule has 1 aromatic heterocycles. The topological polar surface area (TPSA) is 50.1 Å². The predicted molar refractivity (Wildman–Crippen MR) is 71.2 cm³/mol. The maximum atomic E-state index is 13.0. The summed E-state index contributed by atoms with van der Waals surface area (Å²) >= 11 is 0.